The van der Waals surface area contributed by atoms with Crippen molar-refractivity contribution in [3.63, 3.8) is 0 Å². The number of thiophene rings is 1. The van der Waals surface area contributed by atoms with E-state index in [-0.39, 0.29) is 23.5 Å². The first-order valence-electron chi connectivity index (χ1n) is 12.4. The van der Waals surface area contributed by atoms with Crippen LogP contribution in [0.25, 0.3) is 0 Å². The van der Waals surface area contributed by atoms with Crippen molar-refractivity contribution < 1.29 is 9.59 Å². The molecule has 0 saturated heterocycles. The van der Waals surface area contributed by atoms with Crippen LogP contribution in [0.15, 0.2) is 42.1 Å². The Kier molecular flexibility index (Phi) is 9.26. The van der Waals surface area contributed by atoms with Gasteiger partial charge in [0.2, 0.25) is 5.91 Å². The van der Waals surface area contributed by atoms with Gasteiger partial charge in [0.15, 0.2) is 11.0 Å². The molecule has 1 aromatic carbocycles. The summed E-state index contributed by atoms with van der Waals surface area (Å²) in [7, 11) is 0. The van der Waals surface area contributed by atoms with Crippen LogP contribution in [-0.4, -0.2) is 32.3 Å². The third kappa shape index (κ3) is 6.12. The quantitative estimate of drug-likeness (QED) is 0.236. The smallest absolute Gasteiger partial charge is 0.253 e. The lowest BCUT2D eigenvalue weighted by molar-refractivity contribution is -0.113. The summed E-state index contributed by atoms with van der Waals surface area (Å²) in [6.07, 6.45) is 5.74. The summed E-state index contributed by atoms with van der Waals surface area (Å²) in [5.41, 5.74) is 2.06. The monoisotopic (exact) mass is 568 g/mol. The fraction of sp³-hybridized carbons (Fsp3) is 0.370. The lowest BCUT2D eigenvalue weighted by Crippen LogP contribution is -2.34. The Hall–Kier alpha value is -3.13. The molecule has 198 valence electrons. The second-order valence-electron chi connectivity index (χ2n) is 9.28. The molecule has 8 nitrogen and oxygen atoms in total. The van der Waals surface area contributed by atoms with Crippen molar-refractivity contribution in [1.82, 2.24) is 20.1 Å². The van der Waals surface area contributed by atoms with Crippen LogP contribution < -0.4 is 10.6 Å². The van der Waals surface area contributed by atoms with Gasteiger partial charge in [0, 0.05) is 11.4 Å². The molecule has 1 aliphatic rings. The van der Waals surface area contributed by atoms with Gasteiger partial charge in [0.05, 0.1) is 27.9 Å². The van der Waals surface area contributed by atoms with E-state index in [9.17, 15) is 14.9 Å². The number of thioether (sulfide) groups is 1. The second-order valence-corrected chi connectivity index (χ2v) is 11.7. The van der Waals surface area contributed by atoms with E-state index in [1.807, 2.05) is 18.4 Å². The number of benzene rings is 1. The molecule has 0 saturated carbocycles. The molecule has 0 radical (unpaired) electrons. The van der Waals surface area contributed by atoms with Crippen molar-refractivity contribution in [1.29, 1.82) is 5.26 Å². The number of amides is 2. The molecule has 0 bridgehead atoms. The lowest BCUT2D eigenvalue weighted by Gasteiger charge is -2.22. The fourth-order valence-electron chi connectivity index (χ4n) is 4.40. The van der Waals surface area contributed by atoms with Gasteiger partial charge >= 0.3 is 0 Å². The predicted molar refractivity (Wildman–Crippen MR) is 152 cm³/mol. The lowest BCUT2D eigenvalue weighted by atomic mass is 9.96. The molecule has 4 rings (SSSR count). The summed E-state index contributed by atoms with van der Waals surface area (Å²) in [4.78, 5) is 27.0. The van der Waals surface area contributed by atoms with Gasteiger partial charge in [-0.1, -0.05) is 55.4 Å². The highest BCUT2D eigenvalue weighted by Crippen LogP contribution is 2.37. The van der Waals surface area contributed by atoms with Gasteiger partial charge in [-0.05, 0) is 49.3 Å². The Morgan fingerprint density at radius 2 is 2.05 bits per heavy atom. The minimum atomic E-state index is -0.440. The summed E-state index contributed by atoms with van der Waals surface area (Å²) in [5.74, 6) is 0.154. The summed E-state index contributed by atoms with van der Waals surface area (Å²) in [6.45, 7) is 8.22. The third-order valence-electron chi connectivity index (χ3n) is 6.28. The molecule has 38 heavy (non-hydrogen) atoms. The zero-order chi connectivity index (χ0) is 27.2. The molecule has 0 spiro atoms. The molecule has 2 N–H and O–H groups in total. The van der Waals surface area contributed by atoms with Crippen LogP contribution >= 0.6 is 34.7 Å². The molecule has 2 amide bonds. The number of rotatable bonds is 10. The average Bonchev–Trinajstić information content (AvgIpc) is 3.46. The number of aryl methyl sites for hydroxylation is 1. The van der Waals surface area contributed by atoms with Crippen molar-refractivity contribution in [2.45, 2.75) is 57.3 Å². The van der Waals surface area contributed by atoms with Crippen molar-refractivity contribution >= 4 is 51.5 Å². The van der Waals surface area contributed by atoms with Crippen LogP contribution in [0.3, 0.4) is 0 Å². The Bertz CT molecular complexity index is 1390. The van der Waals surface area contributed by atoms with Gasteiger partial charge in [-0.15, -0.1) is 28.1 Å². The van der Waals surface area contributed by atoms with Crippen LogP contribution in [0.5, 0.6) is 0 Å². The Labute approximate surface area is 235 Å². The second kappa shape index (κ2) is 12.6. The maximum absolute atomic E-state index is 13.0. The molecule has 0 aliphatic heterocycles. The first kappa shape index (κ1) is 27.9. The van der Waals surface area contributed by atoms with Crippen molar-refractivity contribution in [3.8, 4) is 6.07 Å². The van der Waals surface area contributed by atoms with Gasteiger partial charge in [0.25, 0.3) is 5.91 Å². The van der Waals surface area contributed by atoms with E-state index in [1.54, 1.807) is 30.3 Å². The number of nitriles is 1. The molecule has 11 heteroatoms. The molecule has 1 aliphatic carbocycles. The number of nitrogens with zero attached hydrogens (tertiary/aromatic N) is 4. The van der Waals surface area contributed by atoms with Crippen molar-refractivity contribution in [3.05, 3.63) is 69.3 Å². The normalized spacial score (nSPS) is 13.4. The molecule has 2 aromatic heterocycles. The van der Waals surface area contributed by atoms with E-state index >= 15 is 0 Å². The van der Waals surface area contributed by atoms with E-state index in [0.717, 1.165) is 31.2 Å². The number of aromatic nitrogens is 3. The molecule has 3 aromatic rings. The summed E-state index contributed by atoms with van der Waals surface area (Å²) in [6, 6.07) is 8.71. The number of anilines is 1. The minimum Gasteiger partial charge on any atom is -0.342 e. The number of halogens is 1. The number of carbonyl (C=O) groups excluding carboxylic acids is 2. The van der Waals surface area contributed by atoms with Crippen LogP contribution in [0.4, 0.5) is 5.00 Å². The van der Waals surface area contributed by atoms with E-state index in [2.05, 4.69) is 33.5 Å². The highest BCUT2D eigenvalue weighted by Gasteiger charge is 2.27. The number of hydrogen-bond acceptors (Lipinski definition) is 7. The minimum absolute atomic E-state index is 0.00427. The highest BCUT2D eigenvalue weighted by molar-refractivity contribution is 7.99. The maximum Gasteiger partial charge on any atom is 0.253 e. The van der Waals surface area contributed by atoms with Crippen LogP contribution in [-0.2, 0) is 24.2 Å². The van der Waals surface area contributed by atoms with Crippen LogP contribution in [0.2, 0.25) is 5.02 Å². The largest absolute Gasteiger partial charge is 0.342 e. The summed E-state index contributed by atoms with van der Waals surface area (Å²) < 4.78 is 1.85. The van der Waals surface area contributed by atoms with Crippen molar-refractivity contribution in [2.24, 2.45) is 5.92 Å². The average molecular weight is 569 g/mol. The molecule has 0 fully saturated rings. The van der Waals surface area contributed by atoms with E-state index in [0.29, 0.717) is 38.7 Å². The first-order valence-corrected chi connectivity index (χ1v) is 14.6. The van der Waals surface area contributed by atoms with Gasteiger partial charge in [-0.2, -0.15) is 5.26 Å². The molecular formula is C27H29ClN6O2S2. The standard InChI is InChI=1S/C27H29ClN6O2S2/c1-4-13-34-24(23(16(2)3)31-25(36)18-10-5-7-11-20(18)28)32-33-27(34)37-15-22(35)30-26-19(14-29)17-9-6-8-12-21(17)38-26/h4-5,7,10-11,16,23H,1,6,8-9,12-13,15H2,2-3H3,(H,30,35)(H,31,36)/t23-/m1/s1. The van der Waals surface area contributed by atoms with E-state index < -0.39 is 6.04 Å². The number of nitrogens with one attached hydrogen (secondary N) is 2. The van der Waals surface area contributed by atoms with E-state index in [4.69, 9.17) is 11.6 Å². The molecular weight excluding hydrogens is 540 g/mol. The summed E-state index contributed by atoms with van der Waals surface area (Å²) in [5, 5.41) is 25.9. The Balaban J connectivity index is 1.49. The summed E-state index contributed by atoms with van der Waals surface area (Å²) >= 11 is 8.98. The number of fused-ring (bicyclic) bond motifs is 1. The van der Waals surface area contributed by atoms with Gasteiger partial charge in [-0.3, -0.25) is 9.59 Å². The first-order chi connectivity index (χ1) is 18.3. The predicted octanol–water partition coefficient (Wildman–Crippen LogP) is 5.79. The number of carbonyl (C=O) groups is 2. The topological polar surface area (TPSA) is 113 Å². The van der Waals surface area contributed by atoms with E-state index in [1.165, 1.54) is 28.0 Å². The van der Waals surface area contributed by atoms with Gasteiger partial charge < -0.3 is 15.2 Å². The maximum atomic E-state index is 13.0. The van der Waals surface area contributed by atoms with Gasteiger partial charge in [-0.25, -0.2) is 0 Å². The number of hydrogen-bond donors (Lipinski definition) is 2. The Morgan fingerprint density at radius 3 is 2.76 bits per heavy atom. The van der Waals surface area contributed by atoms with Crippen LogP contribution in [0.1, 0.15) is 64.9 Å². The molecule has 0 unspecified atom stereocenters. The fourth-order valence-corrected chi connectivity index (χ4v) is 6.63. The molecule has 2 heterocycles. The SMILES string of the molecule is C=CCn1c(SCC(=O)Nc2sc3c(c2C#N)CCCC3)nnc1[C@H](NC(=O)c1ccccc1Cl)C(C)C. The van der Waals surface area contributed by atoms with Crippen LogP contribution in [0, 0.1) is 17.2 Å². The zero-order valence-electron chi connectivity index (χ0n) is 21.3. The van der Waals surface area contributed by atoms with Gasteiger partial charge in [0.1, 0.15) is 11.1 Å². The third-order valence-corrected chi connectivity index (χ3v) is 8.78. The highest BCUT2D eigenvalue weighted by atomic mass is 35.5. The number of allylic oxidation sites excluding steroid dienone is 1. The van der Waals surface area contributed by atoms with Crippen molar-refractivity contribution in [2.75, 3.05) is 11.1 Å². The molecule has 1 atom stereocenters. The Morgan fingerprint density at radius 1 is 1.29 bits per heavy atom. The zero-order valence-corrected chi connectivity index (χ0v) is 23.7.